The highest BCUT2D eigenvalue weighted by Crippen LogP contribution is 2.29. The largest absolute Gasteiger partial charge is 0.478 e. The summed E-state index contributed by atoms with van der Waals surface area (Å²) in [7, 11) is 0. The summed E-state index contributed by atoms with van der Waals surface area (Å²) in [5.41, 5.74) is -1.21. The summed E-state index contributed by atoms with van der Waals surface area (Å²) in [5, 5.41) is 11.1. The predicted octanol–water partition coefficient (Wildman–Crippen LogP) is 0.812. The van der Waals surface area contributed by atoms with Crippen molar-refractivity contribution in [3.63, 3.8) is 0 Å². The Morgan fingerprint density at radius 1 is 1.28 bits per heavy atom. The van der Waals surface area contributed by atoms with E-state index in [1.165, 1.54) is 32.0 Å². The number of nitrogens with one attached hydrogen (secondary N) is 1. The highest BCUT2D eigenvalue weighted by molar-refractivity contribution is 6.22. The number of amides is 2. The zero-order chi connectivity index (χ0) is 13.5. The molecule has 0 aromatic heterocycles. The fourth-order valence-corrected chi connectivity index (χ4v) is 1.59. The van der Waals surface area contributed by atoms with E-state index in [2.05, 4.69) is 5.32 Å². The number of hydrogen-bond donors (Lipinski definition) is 2. The van der Waals surface area contributed by atoms with Crippen LogP contribution in [0.5, 0.6) is 5.75 Å². The number of carbonyl (C=O) groups excluding carboxylic acids is 2. The molecule has 1 heterocycles. The maximum atomic E-state index is 11.6. The van der Waals surface area contributed by atoms with Crippen molar-refractivity contribution in [1.29, 1.82) is 0 Å². The summed E-state index contributed by atoms with van der Waals surface area (Å²) < 4.78 is 5.31. The fourth-order valence-electron chi connectivity index (χ4n) is 1.59. The van der Waals surface area contributed by atoms with Crippen LogP contribution in [0.25, 0.3) is 0 Å². The molecule has 1 aliphatic rings. The van der Waals surface area contributed by atoms with Crippen molar-refractivity contribution in [3.8, 4) is 5.75 Å². The van der Waals surface area contributed by atoms with Gasteiger partial charge >= 0.3 is 5.97 Å². The van der Waals surface area contributed by atoms with Crippen molar-refractivity contribution in [2.75, 3.05) is 0 Å². The van der Waals surface area contributed by atoms with Crippen molar-refractivity contribution >= 4 is 17.8 Å². The number of carbonyl (C=O) groups is 3. The van der Waals surface area contributed by atoms with Crippen LogP contribution in [0.2, 0.25) is 0 Å². The van der Waals surface area contributed by atoms with Crippen LogP contribution in [-0.4, -0.2) is 28.5 Å². The molecule has 0 unspecified atom stereocenters. The van der Waals surface area contributed by atoms with Crippen LogP contribution in [0.15, 0.2) is 18.2 Å². The second-order valence-electron chi connectivity index (χ2n) is 4.38. The standard InChI is InChI=1S/C12H11NO5/c1-12(2,11(16)17)18-7-5-3-4-6-8(7)10(15)13-9(6)14/h3-5H,1-2H3,(H,16,17)(H,13,14,15). The predicted molar refractivity (Wildman–Crippen MR) is 60.6 cm³/mol. The van der Waals surface area contributed by atoms with Crippen LogP contribution < -0.4 is 10.1 Å². The lowest BCUT2D eigenvalue weighted by Gasteiger charge is -2.22. The molecule has 1 aliphatic heterocycles. The topological polar surface area (TPSA) is 92.7 Å². The van der Waals surface area contributed by atoms with Gasteiger partial charge in [0.25, 0.3) is 11.8 Å². The molecule has 0 saturated carbocycles. The third kappa shape index (κ3) is 1.81. The number of rotatable bonds is 3. The molecule has 94 valence electrons. The normalized spacial score (nSPS) is 14.1. The number of carboxylic acids is 1. The molecular weight excluding hydrogens is 238 g/mol. The fraction of sp³-hybridized carbons (Fsp3) is 0.250. The lowest BCUT2D eigenvalue weighted by Crippen LogP contribution is -2.38. The Morgan fingerprint density at radius 3 is 2.56 bits per heavy atom. The quantitative estimate of drug-likeness (QED) is 0.773. The third-order valence-corrected chi connectivity index (χ3v) is 2.61. The van der Waals surface area contributed by atoms with E-state index in [0.29, 0.717) is 0 Å². The molecule has 0 fully saturated rings. The van der Waals surface area contributed by atoms with Gasteiger partial charge in [0.2, 0.25) is 0 Å². The van der Waals surface area contributed by atoms with Gasteiger partial charge in [0.1, 0.15) is 5.75 Å². The lowest BCUT2D eigenvalue weighted by molar-refractivity contribution is -0.152. The van der Waals surface area contributed by atoms with Gasteiger partial charge in [-0.25, -0.2) is 4.79 Å². The Morgan fingerprint density at radius 2 is 1.94 bits per heavy atom. The molecule has 0 radical (unpaired) electrons. The van der Waals surface area contributed by atoms with Crippen LogP contribution >= 0.6 is 0 Å². The summed E-state index contributed by atoms with van der Waals surface area (Å²) >= 11 is 0. The Labute approximate surface area is 103 Å². The Bertz CT molecular complexity index is 562. The average molecular weight is 249 g/mol. The minimum Gasteiger partial charge on any atom is -0.478 e. The van der Waals surface area contributed by atoms with Crippen LogP contribution in [0.3, 0.4) is 0 Å². The van der Waals surface area contributed by atoms with Crippen LogP contribution in [0.1, 0.15) is 34.6 Å². The Hall–Kier alpha value is -2.37. The number of fused-ring (bicyclic) bond motifs is 1. The van der Waals surface area contributed by atoms with Gasteiger partial charge in [0, 0.05) is 0 Å². The van der Waals surface area contributed by atoms with Crippen LogP contribution in [0, 0.1) is 0 Å². The molecule has 2 rings (SSSR count). The van der Waals surface area contributed by atoms with E-state index in [1.54, 1.807) is 0 Å². The molecule has 0 spiro atoms. The summed E-state index contributed by atoms with van der Waals surface area (Å²) in [4.78, 5) is 34.0. The molecule has 0 aliphatic carbocycles. The van der Waals surface area contributed by atoms with Gasteiger partial charge in [-0.3, -0.25) is 14.9 Å². The lowest BCUT2D eigenvalue weighted by atomic mass is 10.1. The number of ether oxygens (including phenoxy) is 1. The van der Waals surface area contributed by atoms with Gasteiger partial charge in [-0.05, 0) is 26.0 Å². The summed E-state index contributed by atoms with van der Waals surface area (Å²) in [6, 6.07) is 4.47. The summed E-state index contributed by atoms with van der Waals surface area (Å²) in [5.74, 6) is -2.16. The van der Waals surface area contributed by atoms with Gasteiger partial charge in [0.05, 0.1) is 11.1 Å². The van der Waals surface area contributed by atoms with E-state index in [0.717, 1.165) is 0 Å². The van der Waals surface area contributed by atoms with E-state index in [1.807, 2.05) is 0 Å². The highest BCUT2D eigenvalue weighted by Gasteiger charge is 2.35. The van der Waals surface area contributed by atoms with E-state index >= 15 is 0 Å². The average Bonchev–Trinajstić information content (AvgIpc) is 2.55. The molecule has 0 bridgehead atoms. The Kier molecular flexibility index (Phi) is 2.58. The SMILES string of the molecule is CC(C)(Oc1cccc2c1C(=O)NC2=O)C(=O)O. The first kappa shape index (κ1) is 12.1. The van der Waals surface area contributed by atoms with Gasteiger partial charge in [-0.1, -0.05) is 6.07 Å². The van der Waals surface area contributed by atoms with Crippen molar-refractivity contribution < 1.29 is 24.2 Å². The molecule has 2 N–H and O–H groups in total. The summed E-state index contributed by atoms with van der Waals surface area (Å²) in [6.45, 7) is 2.73. The van der Waals surface area contributed by atoms with Gasteiger partial charge in [0.15, 0.2) is 5.60 Å². The molecule has 18 heavy (non-hydrogen) atoms. The molecule has 0 atom stereocenters. The van der Waals surface area contributed by atoms with E-state index in [-0.39, 0.29) is 16.9 Å². The third-order valence-electron chi connectivity index (χ3n) is 2.61. The van der Waals surface area contributed by atoms with Gasteiger partial charge in [-0.2, -0.15) is 0 Å². The highest BCUT2D eigenvalue weighted by atomic mass is 16.5. The number of carboxylic acid groups (broad SMARTS) is 1. The molecule has 2 amide bonds. The molecule has 1 aromatic rings. The minimum absolute atomic E-state index is 0.0804. The zero-order valence-electron chi connectivity index (χ0n) is 9.81. The van der Waals surface area contributed by atoms with Gasteiger partial charge < -0.3 is 9.84 Å². The monoisotopic (exact) mass is 249 g/mol. The number of benzene rings is 1. The smallest absolute Gasteiger partial charge is 0.347 e. The summed E-state index contributed by atoms with van der Waals surface area (Å²) in [6.07, 6.45) is 0. The Balaban J connectivity index is 2.46. The second-order valence-corrected chi connectivity index (χ2v) is 4.38. The van der Waals surface area contributed by atoms with Crippen molar-refractivity contribution in [3.05, 3.63) is 29.3 Å². The zero-order valence-corrected chi connectivity index (χ0v) is 9.81. The second kappa shape index (κ2) is 3.83. The minimum atomic E-state index is -1.49. The van der Waals surface area contributed by atoms with Crippen LogP contribution in [-0.2, 0) is 4.79 Å². The first-order chi connectivity index (χ1) is 8.33. The van der Waals surface area contributed by atoms with E-state index < -0.39 is 23.4 Å². The van der Waals surface area contributed by atoms with Crippen molar-refractivity contribution in [1.82, 2.24) is 5.32 Å². The molecule has 6 nitrogen and oxygen atoms in total. The molecule has 6 heteroatoms. The first-order valence-electron chi connectivity index (χ1n) is 5.24. The molecule has 1 aromatic carbocycles. The number of imide groups is 1. The number of aliphatic carboxylic acids is 1. The number of hydrogen-bond acceptors (Lipinski definition) is 4. The van der Waals surface area contributed by atoms with E-state index in [4.69, 9.17) is 9.84 Å². The van der Waals surface area contributed by atoms with Crippen molar-refractivity contribution in [2.24, 2.45) is 0 Å². The molecular formula is C12H11NO5. The van der Waals surface area contributed by atoms with Gasteiger partial charge in [-0.15, -0.1) is 0 Å². The molecule has 0 saturated heterocycles. The van der Waals surface area contributed by atoms with Crippen LogP contribution in [0.4, 0.5) is 0 Å². The maximum Gasteiger partial charge on any atom is 0.347 e. The first-order valence-corrected chi connectivity index (χ1v) is 5.24. The maximum absolute atomic E-state index is 11.6. The van der Waals surface area contributed by atoms with Crippen molar-refractivity contribution in [2.45, 2.75) is 19.4 Å². The van der Waals surface area contributed by atoms with E-state index in [9.17, 15) is 14.4 Å².